The van der Waals surface area contributed by atoms with Crippen molar-refractivity contribution in [3.8, 4) is 0 Å². The fraction of sp³-hybridized carbons (Fsp3) is 0.628. The number of fused-ring (bicyclic) bond motifs is 11. The normalized spacial score (nSPS) is 38.8. The highest BCUT2D eigenvalue weighted by Gasteiger charge is 2.67. The van der Waals surface area contributed by atoms with Crippen LogP contribution in [0.4, 0.5) is 0 Å². The minimum atomic E-state index is -0.848. The highest BCUT2D eigenvalue weighted by atomic mass is 16.5. The van der Waals surface area contributed by atoms with Crippen LogP contribution in [-0.4, -0.2) is 62.8 Å². The van der Waals surface area contributed by atoms with Crippen molar-refractivity contribution in [1.82, 2.24) is 9.47 Å². The molecule has 8 rings (SSSR count). The molecule has 50 heavy (non-hydrogen) atoms. The van der Waals surface area contributed by atoms with Gasteiger partial charge in [-0.1, -0.05) is 45.1 Å². The summed E-state index contributed by atoms with van der Waals surface area (Å²) in [6, 6.07) is 1.79. The van der Waals surface area contributed by atoms with Gasteiger partial charge in [0, 0.05) is 53.9 Å². The summed E-state index contributed by atoms with van der Waals surface area (Å²) in [5.74, 6) is 0.411. The summed E-state index contributed by atoms with van der Waals surface area (Å²) in [5, 5.41) is 25.0. The zero-order valence-electron chi connectivity index (χ0n) is 31.7. The fourth-order valence-electron chi connectivity index (χ4n) is 12.7. The third-order valence-electron chi connectivity index (χ3n) is 14.9. The fourth-order valence-corrected chi connectivity index (χ4v) is 12.7. The first-order chi connectivity index (χ1) is 23.2. The minimum absolute atomic E-state index is 0.0374. The Morgan fingerprint density at radius 2 is 1.80 bits per heavy atom. The lowest BCUT2D eigenvalue weighted by Crippen LogP contribution is -2.62. The third kappa shape index (κ3) is 4.03. The predicted molar refractivity (Wildman–Crippen MR) is 197 cm³/mol. The molecule has 0 bridgehead atoms. The zero-order chi connectivity index (χ0) is 36.2. The van der Waals surface area contributed by atoms with Gasteiger partial charge in [-0.05, 0) is 113 Å². The number of rotatable bonds is 4. The Morgan fingerprint density at radius 1 is 1.10 bits per heavy atom. The molecule has 268 valence electrons. The van der Waals surface area contributed by atoms with Crippen LogP contribution in [0, 0.1) is 28.6 Å². The Hall–Kier alpha value is -3.00. The largest absolute Gasteiger partial charge is 0.392 e. The van der Waals surface area contributed by atoms with Gasteiger partial charge in [0.05, 0.1) is 34.5 Å². The number of nitrogens with zero attached hydrogens (tertiary/aromatic N) is 2. The van der Waals surface area contributed by atoms with Crippen LogP contribution in [0.5, 0.6) is 0 Å². The molecule has 2 saturated carbocycles. The molecule has 9 atom stereocenters. The summed E-state index contributed by atoms with van der Waals surface area (Å²) in [6.07, 6.45) is 9.84. The maximum absolute atomic E-state index is 14.9. The number of hydrogen-bond acceptors (Lipinski definition) is 5. The van der Waals surface area contributed by atoms with Gasteiger partial charge in [0.15, 0.2) is 5.78 Å². The number of carbonyl (C=O) groups excluding carboxylic acids is 2. The van der Waals surface area contributed by atoms with Crippen LogP contribution in [0.1, 0.15) is 132 Å². The zero-order valence-corrected chi connectivity index (χ0v) is 31.7. The summed E-state index contributed by atoms with van der Waals surface area (Å²) in [7, 11) is 3.56. The Kier molecular flexibility index (Phi) is 7.04. The number of aromatic nitrogens is 1. The second-order valence-electron chi connectivity index (χ2n) is 18.7. The van der Waals surface area contributed by atoms with Crippen molar-refractivity contribution < 1.29 is 24.5 Å². The lowest BCUT2D eigenvalue weighted by molar-refractivity contribution is -0.145. The van der Waals surface area contributed by atoms with Crippen LogP contribution in [0.2, 0.25) is 0 Å². The lowest BCUT2D eigenvalue weighted by atomic mass is 9.40. The van der Waals surface area contributed by atoms with Crippen LogP contribution in [0.15, 0.2) is 36.4 Å². The Labute approximate surface area is 297 Å². The summed E-state index contributed by atoms with van der Waals surface area (Å²) >= 11 is 0. The molecule has 7 nitrogen and oxygen atoms in total. The molecule has 0 radical (unpaired) electrons. The van der Waals surface area contributed by atoms with Gasteiger partial charge in [0.2, 0.25) is 5.91 Å². The molecule has 1 aromatic heterocycles. The van der Waals surface area contributed by atoms with Crippen molar-refractivity contribution in [2.45, 2.75) is 129 Å². The van der Waals surface area contributed by atoms with Gasteiger partial charge < -0.3 is 24.4 Å². The van der Waals surface area contributed by atoms with Crippen molar-refractivity contribution in [1.29, 1.82) is 0 Å². The summed E-state index contributed by atoms with van der Waals surface area (Å²) in [4.78, 5) is 29.0. The highest BCUT2D eigenvalue weighted by molar-refractivity contribution is 6.18. The Balaban J connectivity index is 1.34. The lowest BCUT2D eigenvalue weighted by Gasteiger charge is -2.64. The van der Waals surface area contributed by atoms with Gasteiger partial charge in [0.25, 0.3) is 0 Å². The average Bonchev–Trinajstić information content (AvgIpc) is 3.67. The molecule has 6 aliphatic rings. The van der Waals surface area contributed by atoms with Gasteiger partial charge >= 0.3 is 0 Å². The smallest absolute Gasteiger partial charge is 0.225 e. The van der Waals surface area contributed by atoms with Gasteiger partial charge in [-0.2, -0.15) is 0 Å². The van der Waals surface area contributed by atoms with E-state index < -0.39 is 34.9 Å². The van der Waals surface area contributed by atoms with Crippen molar-refractivity contribution in [3.05, 3.63) is 64.4 Å². The molecule has 4 aliphatic carbocycles. The quantitative estimate of drug-likeness (QED) is 0.324. The number of Topliss-reactive ketones (excluding diaryl/α,β-unsaturated/α-hetero) is 1. The van der Waals surface area contributed by atoms with Crippen LogP contribution in [0.25, 0.3) is 16.5 Å². The molecule has 1 amide bonds. The minimum Gasteiger partial charge on any atom is -0.392 e. The van der Waals surface area contributed by atoms with Crippen LogP contribution < -0.4 is 0 Å². The number of aliphatic hydroxyl groups is 2. The molecule has 3 heterocycles. The Bertz CT molecular complexity index is 1960. The van der Waals surface area contributed by atoms with E-state index in [0.29, 0.717) is 24.3 Å². The van der Waals surface area contributed by atoms with Crippen LogP contribution >= 0.6 is 0 Å². The SMILES string of the molecule is C=C(C)[C@H]1C(=O)c2c3c(cc4c5c(n1c24)[C@@]1(C)[C@@H](CC[C@H]2[C@](C)(/C=C/CC(=O)N(C)C)[C@@H](O)CC[C@@]21C)C5)C1=CC(C)(C)OC(C)(C)[C@H]1[C@@H]3O. The standard InChI is InChI=1S/C43H56N2O5/c1-22(2)34-37(49)32-31-24(27-21-39(3,4)50-40(5,6)33(27)36(31)48)20-25-26-19-23-14-15-28-41(7,17-12-13-30(47)44(10)11)29(46)16-18-42(28,8)43(23,9)38(26)45(34)35(25)32/h12,17,20-21,23,28-29,33-34,36,46,48H,1,13-16,18-19H2,2-11H3/b17-12+/t23-,28-,29-,33+,34-,36+,41-,42-,43+/m0/s1. The summed E-state index contributed by atoms with van der Waals surface area (Å²) < 4.78 is 8.89. The molecule has 7 heteroatoms. The molecule has 0 unspecified atom stereocenters. The van der Waals surface area contributed by atoms with Gasteiger partial charge in [-0.25, -0.2) is 0 Å². The number of benzene rings is 1. The number of ether oxygens (including phenoxy) is 1. The monoisotopic (exact) mass is 680 g/mol. The molecule has 1 aromatic carbocycles. The highest BCUT2D eigenvalue weighted by Crippen LogP contribution is 2.71. The molecular weight excluding hydrogens is 624 g/mol. The third-order valence-corrected chi connectivity index (χ3v) is 14.9. The second-order valence-corrected chi connectivity index (χ2v) is 18.7. The topological polar surface area (TPSA) is 92.0 Å². The number of ketones is 1. The van der Waals surface area contributed by atoms with Gasteiger partial charge in [0.1, 0.15) is 6.04 Å². The number of allylic oxidation sites excluding steroid dienone is 1. The van der Waals surface area contributed by atoms with Crippen molar-refractivity contribution in [2.24, 2.45) is 28.6 Å². The maximum atomic E-state index is 14.9. The summed E-state index contributed by atoms with van der Waals surface area (Å²) in [6.45, 7) is 21.7. The summed E-state index contributed by atoms with van der Waals surface area (Å²) in [5.41, 5.74) is 5.87. The number of hydrogen-bond donors (Lipinski definition) is 2. The first-order valence-electron chi connectivity index (χ1n) is 18.8. The molecule has 2 N–H and O–H groups in total. The molecular formula is C43H56N2O5. The number of amides is 1. The molecule has 0 saturated heterocycles. The first-order valence-corrected chi connectivity index (χ1v) is 18.8. The molecule has 2 aromatic rings. The van der Waals surface area contributed by atoms with Crippen LogP contribution in [-0.2, 0) is 21.4 Å². The number of aliphatic hydroxyl groups excluding tert-OH is 2. The van der Waals surface area contributed by atoms with Crippen molar-refractivity contribution >= 4 is 28.2 Å². The molecule has 2 aliphatic heterocycles. The Morgan fingerprint density at radius 3 is 2.46 bits per heavy atom. The van der Waals surface area contributed by atoms with E-state index in [0.717, 1.165) is 58.9 Å². The maximum Gasteiger partial charge on any atom is 0.225 e. The van der Waals surface area contributed by atoms with E-state index in [1.807, 2.05) is 13.0 Å². The van der Waals surface area contributed by atoms with Gasteiger partial charge in [-0.3, -0.25) is 9.59 Å². The van der Waals surface area contributed by atoms with Crippen molar-refractivity contribution in [3.63, 3.8) is 0 Å². The van der Waals surface area contributed by atoms with E-state index in [4.69, 9.17) is 4.74 Å². The van der Waals surface area contributed by atoms with Crippen molar-refractivity contribution in [2.75, 3.05) is 14.1 Å². The molecule has 0 spiro atoms. The molecule has 2 fully saturated rings. The second kappa shape index (κ2) is 10.3. The predicted octanol–water partition coefficient (Wildman–Crippen LogP) is 7.63. The van der Waals surface area contributed by atoms with E-state index in [-0.39, 0.29) is 34.4 Å². The van der Waals surface area contributed by atoms with E-state index in [9.17, 15) is 19.8 Å². The van der Waals surface area contributed by atoms with E-state index in [2.05, 4.69) is 77.8 Å². The number of carbonyl (C=O) groups is 2. The van der Waals surface area contributed by atoms with E-state index in [1.54, 1.807) is 19.0 Å². The first kappa shape index (κ1) is 34.1. The van der Waals surface area contributed by atoms with Crippen LogP contribution in [0.3, 0.4) is 0 Å². The average molecular weight is 681 g/mol. The van der Waals surface area contributed by atoms with E-state index in [1.165, 1.54) is 11.3 Å². The van der Waals surface area contributed by atoms with E-state index >= 15 is 0 Å². The van der Waals surface area contributed by atoms with Gasteiger partial charge in [-0.15, -0.1) is 0 Å².